The van der Waals surface area contributed by atoms with Crippen molar-refractivity contribution in [3.8, 4) is 16.9 Å². The molecule has 0 heterocycles. The summed E-state index contributed by atoms with van der Waals surface area (Å²) in [6, 6.07) is 9.44. The highest BCUT2D eigenvalue weighted by molar-refractivity contribution is 6.33. The van der Waals surface area contributed by atoms with Crippen LogP contribution in [0.2, 0.25) is 5.02 Å². The van der Waals surface area contributed by atoms with E-state index in [-0.39, 0.29) is 12.4 Å². The number of hydrogen-bond donors (Lipinski definition) is 1. The molecule has 0 fully saturated rings. The maximum atomic E-state index is 13.4. The zero-order chi connectivity index (χ0) is 13.8. The predicted octanol–water partition coefficient (Wildman–Crippen LogP) is 4.04. The van der Waals surface area contributed by atoms with E-state index in [1.807, 2.05) is 6.92 Å². The number of benzene rings is 2. The lowest BCUT2D eigenvalue weighted by atomic mass is 9.99. The zero-order valence-electron chi connectivity index (χ0n) is 10.5. The molecular formula is C15H14ClFO2. The number of hydrogen-bond acceptors (Lipinski definition) is 2. The highest BCUT2D eigenvalue weighted by atomic mass is 35.5. The highest BCUT2D eigenvalue weighted by Gasteiger charge is 2.11. The van der Waals surface area contributed by atoms with Crippen LogP contribution in [0.15, 0.2) is 36.4 Å². The molecular weight excluding hydrogens is 267 g/mol. The van der Waals surface area contributed by atoms with Crippen LogP contribution >= 0.6 is 11.6 Å². The van der Waals surface area contributed by atoms with E-state index in [0.717, 1.165) is 0 Å². The summed E-state index contributed by atoms with van der Waals surface area (Å²) < 4.78 is 18.8. The first-order chi connectivity index (χ1) is 9.15. The van der Waals surface area contributed by atoms with E-state index in [0.29, 0.717) is 34.1 Å². The smallest absolute Gasteiger partial charge is 0.123 e. The third-order valence-electron chi connectivity index (χ3n) is 2.78. The summed E-state index contributed by atoms with van der Waals surface area (Å²) in [4.78, 5) is 0. The van der Waals surface area contributed by atoms with Gasteiger partial charge in [0.2, 0.25) is 0 Å². The SMILES string of the molecule is CCOc1ccc(CO)c(-c2cc(F)ccc2Cl)c1. The van der Waals surface area contributed by atoms with Crippen LogP contribution in [0.4, 0.5) is 4.39 Å². The molecule has 2 aromatic carbocycles. The number of aliphatic hydroxyl groups excluding tert-OH is 1. The van der Waals surface area contributed by atoms with Gasteiger partial charge in [-0.25, -0.2) is 4.39 Å². The van der Waals surface area contributed by atoms with Gasteiger partial charge in [-0.1, -0.05) is 17.7 Å². The van der Waals surface area contributed by atoms with Crippen LogP contribution in [0.3, 0.4) is 0 Å². The fourth-order valence-corrected chi connectivity index (χ4v) is 2.12. The second kappa shape index (κ2) is 6.04. The summed E-state index contributed by atoms with van der Waals surface area (Å²) in [6.45, 7) is 2.28. The molecule has 4 heteroatoms. The van der Waals surface area contributed by atoms with E-state index in [9.17, 15) is 9.50 Å². The van der Waals surface area contributed by atoms with E-state index in [1.165, 1.54) is 18.2 Å². The second-order valence-electron chi connectivity index (χ2n) is 4.03. The van der Waals surface area contributed by atoms with Crippen molar-refractivity contribution in [2.24, 2.45) is 0 Å². The minimum Gasteiger partial charge on any atom is -0.494 e. The normalized spacial score (nSPS) is 10.5. The molecule has 0 aliphatic heterocycles. The summed E-state index contributed by atoms with van der Waals surface area (Å²) in [7, 11) is 0. The van der Waals surface area contributed by atoms with Crippen LogP contribution in [0.1, 0.15) is 12.5 Å². The van der Waals surface area contributed by atoms with Gasteiger partial charge in [0.15, 0.2) is 0 Å². The molecule has 1 N–H and O–H groups in total. The summed E-state index contributed by atoms with van der Waals surface area (Å²) in [5.74, 6) is 0.292. The molecule has 0 unspecified atom stereocenters. The van der Waals surface area contributed by atoms with Gasteiger partial charge in [0.05, 0.1) is 13.2 Å². The van der Waals surface area contributed by atoms with Gasteiger partial charge in [-0.3, -0.25) is 0 Å². The van der Waals surface area contributed by atoms with Gasteiger partial charge in [0, 0.05) is 10.6 Å². The fourth-order valence-electron chi connectivity index (χ4n) is 1.90. The van der Waals surface area contributed by atoms with Gasteiger partial charge in [0.1, 0.15) is 11.6 Å². The van der Waals surface area contributed by atoms with Crippen LogP contribution in [0.25, 0.3) is 11.1 Å². The maximum Gasteiger partial charge on any atom is 0.123 e. The maximum absolute atomic E-state index is 13.4. The molecule has 0 spiro atoms. The molecule has 0 aromatic heterocycles. The van der Waals surface area contributed by atoms with Crippen molar-refractivity contribution < 1.29 is 14.2 Å². The first-order valence-electron chi connectivity index (χ1n) is 5.97. The molecule has 0 saturated carbocycles. The summed E-state index contributed by atoms with van der Waals surface area (Å²) in [5.41, 5.74) is 1.90. The Hall–Kier alpha value is -1.58. The molecule has 2 nitrogen and oxygen atoms in total. The summed E-state index contributed by atoms with van der Waals surface area (Å²) in [5, 5.41) is 9.82. The minimum absolute atomic E-state index is 0.144. The van der Waals surface area contributed by atoms with E-state index >= 15 is 0 Å². The molecule has 2 rings (SSSR count). The highest BCUT2D eigenvalue weighted by Crippen LogP contribution is 2.33. The first kappa shape index (κ1) is 13.8. The van der Waals surface area contributed by atoms with Crippen molar-refractivity contribution in [3.63, 3.8) is 0 Å². The summed E-state index contributed by atoms with van der Waals surface area (Å²) >= 11 is 6.10. The van der Waals surface area contributed by atoms with Crippen LogP contribution in [0.5, 0.6) is 5.75 Å². The van der Waals surface area contributed by atoms with Crippen LogP contribution in [-0.2, 0) is 6.61 Å². The Balaban J connectivity index is 2.58. The number of rotatable bonds is 4. The fraction of sp³-hybridized carbons (Fsp3) is 0.200. The molecule has 19 heavy (non-hydrogen) atoms. The van der Waals surface area contributed by atoms with Gasteiger partial charge in [0.25, 0.3) is 0 Å². The topological polar surface area (TPSA) is 29.5 Å². The first-order valence-corrected chi connectivity index (χ1v) is 6.35. The Morgan fingerprint density at radius 1 is 1.16 bits per heavy atom. The Morgan fingerprint density at radius 3 is 2.63 bits per heavy atom. The number of ether oxygens (including phenoxy) is 1. The Morgan fingerprint density at radius 2 is 1.95 bits per heavy atom. The molecule has 0 bridgehead atoms. The quantitative estimate of drug-likeness (QED) is 0.916. The van der Waals surface area contributed by atoms with Crippen LogP contribution in [-0.4, -0.2) is 11.7 Å². The molecule has 100 valence electrons. The average molecular weight is 281 g/mol. The monoisotopic (exact) mass is 280 g/mol. The van der Waals surface area contributed by atoms with Crippen molar-refractivity contribution in [3.05, 3.63) is 52.8 Å². The minimum atomic E-state index is -0.370. The van der Waals surface area contributed by atoms with Crippen molar-refractivity contribution >= 4 is 11.6 Å². The van der Waals surface area contributed by atoms with E-state index in [4.69, 9.17) is 16.3 Å². The van der Waals surface area contributed by atoms with Crippen LogP contribution < -0.4 is 4.74 Å². The van der Waals surface area contributed by atoms with E-state index in [2.05, 4.69) is 0 Å². The van der Waals surface area contributed by atoms with Gasteiger partial charge in [-0.05, 0) is 48.4 Å². The largest absolute Gasteiger partial charge is 0.494 e. The van der Waals surface area contributed by atoms with Crippen molar-refractivity contribution in [1.82, 2.24) is 0 Å². The summed E-state index contributed by atoms with van der Waals surface area (Å²) in [6.07, 6.45) is 0. The Bertz CT molecular complexity index is 584. The lowest BCUT2D eigenvalue weighted by molar-refractivity contribution is 0.282. The molecule has 0 atom stereocenters. The van der Waals surface area contributed by atoms with Crippen molar-refractivity contribution in [1.29, 1.82) is 0 Å². The van der Waals surface area contributed by atoms with Crippen molar-refractivity contribution in [2.45, 2.75) is 13.5 Å². The zero-order valence-corrected chi connectivity index (χ0v) is 11.2. The molecule has 2 aromatic rings. The molecule has 0 radical (unpaired) electrons. The predicted molar refractivity (Wildman–Crippen MR) is 73.9 cm³/mol. The lowest BCUT2D eigenvalue weighted by Gasteiger charge is -2.12. The molecule has 0 aliphatic carbocycles. The average Bonchev–Trinajstić information content (AvgIpc) is 2.42. The number of halogens is 2. The van der Waals surface area contributed by atoms with Gasteiger partial charge >= 0.3 is 0 Å². The number of aliphatic hydroxyl groups is 1. The molecule has 0 saturated heterocycles. The van der Waals surface area contributed by atoms with E-state index in [1.54, 1.807) is 18.2 Å². The lowest BCUT2D eigenvalue weighted by Crippen LogP contribution is -1.95. The van der Waals surface area contributed by atoms with Gasteiger partial charge in [-0.15, -0.1) is 0 Å². The Labute approximate surface area is 116 Å². The second-order valence-corrected chi connectivity index (χ2v) is 4.44. The van der Waals surface area contributed by atoms with Crippen LogP contribution in [0, 0.1) is 5.82 Å². The molecule has 0 amide bonds. The Kier molecular flexibility index (Phi) is 4.40. The van der Waals surface area contributed by atoms with E-state index < -0.39 is 0 Å². The molecule has 0 aliphatic rings. The van der Waals surface area contributed by atoms with Gasteiger partial charge < -0.3 is 9.84 Å². The third kappa shape index (κ3) is 3.06. The standard InChI is InChI=1S/C15H14ClFO2/c1-2-19-12-5-3-10(9-18)13(8-12)14-7-11(17)4-6-15(14)16/h3-8,18H,2,9H2,1H3. The van der Waals surface area contributed by atoms with Crippen molar-refractivity contribution in [2.75, 3.05) is 6.61 Å². The van der Waals surface area contributed by atoms with Gasteiger partial charge in [-0.2, -0.15) is 0 Å². The third-order valence-corrected chi connectivity index (χ3v) is 3.11.